The summed E-state index contributed by atoms with van der Waals surface area (Å²) in [5.74, 6) is 1.32. The highest BCUT2D eigenvalue weighted by Gasteiger charge is 2.28. The van der Waals surface area contributed by atoms with Crippen LogP contribution in [0.4, 0.5) is 0 Å². The lowest BCUT2D eigenvalue weighted by atomic mass is 10.2. The standard InChI is InChI=1S/C12H19O5PS/c1-4-15-18(13,16-5-2)17-12-8-10(9-19)6-7-11(12)14-3/h6-8,19H,4-5,9H2,1-3H3. The lowest BCUT2D eigenvalue weighted by Crippen LogP contribution is -2.03. The lowest BCUT2D eigenvalue weighted by Gasteiger charge is -2.19. The smallest absolute Gasteiger partial charge is 0.493 e. The van der Waals surface area contributed by atoms with Crippen LogP contribution in [-0.4, -0.2) is 20.3 Å². The summed E-state index contributed by atoms with van der Waals surface area (Å²) in [6, 6.07) is 5.28. The minimum Gasteiger partial charge on any atom is -0.493 e. The molecular weight excluding hydrogens is 287 g/mol. The van der Waals surface area contributed by atoms with E-state index in [4.69, 9.17) is 18.3 Å². The third-order valence-corrected chi connectivity index (χ3v) is 4.13. The molecule has 0 saturated carbocycles. The number of ether oxygens (including phenoxy) is 1. The zero-order valence-corrected chi connectivity index (χ0v) is 13.1. The molecule has 0 radical (unpaired) electrons. The molecule has 0 aliphatic rings. The Kier molecular flexibility index (Phi) is 6.72. The molecule has 0 aliphatic heterocycles. The fourth-order valence-corrected chi connectivity index (χ4v) is 2.81. The molecule has 0 N–H and O–H groups in total. The van der Waals surface area contributed by atoms with Gasteiger partial charge in [-0.2, -0.15) is 12.6 Å². The maximum absolute atomic E-state index is 12.3. The Morgan fingerprint density at radius 1 is 1.16 bits per heavy atom. The normalized spacial score (nSPS) is 11.4. The van der Waals surface area contributed by atoms with E-state index in [0.717, 1.165) is 5.56 Å². The third-order valence-electron chi connectivity index (χ3n) is 2.20. The molecule has 0 bridgehead atoms. The predicted molar refractivity (Wildman–Crippen MR) is 77.2 cm³/mol. The fourth-order valence-electron chi connectivity index (χ4n) is 1.42. The monoisotopic (exact) mass is 306 g/mol. The molecule has 0 aliphatic carbocycles. The van der Waals surface area contributed by atoms with Crippen LogP contribution < -0.4 is 9.26 Å². The molecular formula is C12H19O5PS. The minimum atomic E-state index is -3.62. The highest BCUT2D eigenvalue weighted by Crippen LogP contribution is 2.51. The van der Waals surface area contributed by atoms with Gasteiger partial charge in [0.05, 0.1) is 20.3 Å². The van der Waals surface area contributed by atoms with Crippen molar-refractivity contribution in [1.82, 2.24) is 0 Å². The highest BCUT2D eigenvalue weighted by molar-refractivity contribution is 7.79. The van der Waals surface area contributed by atoms with Gasteiger partial charge in [0.2, 0.25) is 0 Å². The SMILES string of the molecule is CCOP(=O)(OCC)Oc1cc(CS)ccc1OC. The summed E-state index contributed by atoms with van der Waals surface area (Å²) in [6.07, 6.45) is 0. The van der Waals surface area contributed by atoms with Gasteiger partial charge in [-0.25, -0.2) is 4.57 Å². The van der Waals surface area contributed by atoms with Crippen molar-refractivity contribution in [2.45, 2.75) is 19.6 Å². The number of rotatable bonds is 8. The number of benzene rings is 1. The summed E-state index contributed by atoms with van der Waals surface area (Å²) in [6.45, 7) is 3.89. The van der Waals surface area contributed by atoms with Crippen LogP contribution in [0.15, 0.2) is 18.2 Å². The molecule has 0 amide bonds. The summed E-state index contributed by atoms with van der Waals surface area (Å²) in [5.41, 5.74) is 0.915. The summed E-state index contributed by atoms with van der Waals surface area (Å²) >= 11 is 4.19. The fraction of sp³-hybridized carbons (Fsp3) is 0.500. The Morgan fingerprint density at radius 3 is 2.26 bits per heavy atom. The summed E-state index contributed by atoms with van der Waals surface area (Å²) < 4.78 is 33.0. The molecule has 0 heterocycles. The van der Waals surface area contributed by atoms with E-state index in [9.17, 15) is 4.57 Å². The zero-order chi connectivity index (χ0) is 14.3. The topological polar surface area (TPSA) is 54.0 Å². The van der Waals surface area contributed by atoms with Crippen molar-refractivity contribution in [3.63, 3.8) is 0 Å². The van der Waals surface area contributed by atoms with Crippen molar-refractivity contribution in [3.05, 3.63) is 23.8 Å². The van der Waals surface area contributed by atoms with Crippen LogP contribution in [0.5, 0.6) is 11.5 Å². The molecule has 108 valence electrons. The van der Waals surface area contributed by atoms with E-state index in [2.05, 4.69) is 12.6 Å². The molecule has 0 unspecified atom stereocenters. The Bertz CT molecular complexity index is 442. The van der Waals surface area contributed by atoms with E-state index in [1.54, 1.807) is 26.0 Å². The summed E-state index contributed by atoms with van der Waals surface area (Å²) in [5, 5.41) is 0. The van der Waals surface area contributed by atoms with E-state index < -0.39 is 7.82 Å². The maximum Gasteiger partial charge on any atom is 0.530 e. The molecule has 1 rings (SSSR count). The van der Waals surface area contributed by atoms with Crippen molar-refractivity contribution in [3.8, 4) is 11.5 Å². The van der Waals surface area contributed by atoms with E-state index in [0.29, 0.717) is 17.3 Å². The van der Waals surface area contributed by atoms with E-state index in [1.165, 1.54) is 7.11 Å². The van der Waals surface area contributed by atoms with Crippen LogP contribution in [0.1, 0.15) is 19.4 Å². The van der Waals surface area contributed by atoms with Gasteiger partial charge in [-0.15, -0.1) is 0 Å². The predicted octanol–water partition coefficient (Wildman–Crippen LogP) is 3.68. The molecule has 1 aromatic carbocycles. The average Bonchev–Trinajstić information content (AvgIpc) is 2.39. The van der Waals surface area contributed by atoms with Gasteiger partial charge in [-0.05, 0) is 31.5 Å². The molecule has 1 aromatic rings. The second kappa shape index (κ2) is 7.80. The Balaban J connectivity index is 3.03. The molecule has 0 atom stereocenters. The van der Waals surface area contributed by atoms with Crippen LogP contribution in [0.3, 0.4) is 0 Å². The largest absolute Gasteiger partial charge is 0.530 e. The van der Waals surface area contributed by atoms with Crippen molar-refractivity contribution in [1.29, 1.82) is 0 Å². The van der Waals surface area contributed by atoms with Crippen molar-refractivity contribution in [2.75, 3.05) is 20.3 Å². The molecule has 19 heavy (non-hydrogen) atoms. The second-order valence-electron chi connectivity index (χ2n) is 3.52. The molecule has 0 fully saturated rings. The van der Waals surface area contributed by atoms with E-state index in [1.807, 2.05) is 6.07 Å². The summed E-state index contributed by atoms with van der Waals surface area (Å²) in [4.78, 5) is 0. The second-order valence-corrected chi connectivity index (χ2v) is 5.43. The van der Waals surface area contributed by atoms with Gasteiger partial charge in [0.15, 0.2) is 11.5 Å². The van der Waals surface area contributed by atoms with Gasteiger partial charge in [0, 0.05) is 5.75 Å². The Morgan fingerprint density at radius 2 is 1.79 bits per heavy atom. The van der Waals surface area contributed by atoms with E-state index >= 15 is 0 Å². The van der Waals surface area contributed by atoms with Gasteiger partial charge in [0.1, 0.15) is 0 Å². The third kappa shape index (κ3) is 4.73. The van der Waals surface area contributed by atoms with Gasteiger partial charge >= 0.3 is 7.82 Å². The van der Waals surface area contributed by atoms with E-state index in [-0.39, 0.29) is 13.2 Å². The highest BCUT2D eigenvalue weighted by atomic mass is 32.1. The van der Waals surface area contributed by atoms with Crippen LogP contribution in [0, 0.1) is 0 Å². The zero-order valence-electron chi connectivity index (χ0n) is 11.3. The molecule has 0 aromatic heterocycles. The number of hydrogen-bond donors (Lipinski definition) is 1. The average molecular weight is 306 g/mol. The number of phosphoric ester groups is 1. The minimum absolute atomic E-state index is 0.228. The van der Waals surface area contributed by atoms with Crippen LogP contribution in [0.2, 0.25) is 0 Å². The van der Waals surface area contributed by atoms with Crippen LogP contribution in [0.25, 0.3) is 0 Å². The Labute approximate surface area is 119 Å². The number of methoxy groups -OCH3 is 1. The molecule has 5 nitrogen and oxygen atoms in total. The van der Waals surface area contributed by atoms with Crippen LogP contribution in [-0.2, 0) is 19.4 Å². The first-order chi connectivity index (χ1) is 9.08. The number of hydrogen-bond acceptors (Lipinski definition) is 6. The van der Waals surface area contributed by atoms with Gasteiger partial charge < -0.3 is 9.26 Å². The molecule has 0 spiro atoms. The maximum atomic E-state index is 12.3. The van der Waals surface area contributed by atoms with Crippen molar-refractivity contribution >= 4 is 20.5 Å². The first-order valence-corrected chi connectivity index (χ1v) is 8.04. The molecule has 0 saturated heterocycles. The van der Waals surface area contributed by atoms with Gasteiger partial charge in [0.25, 0.3) is 0 Å². The first kappa shape index (κ1) is 16.4. The molecule has 7 heteroatoms. The lowest BCUT2D eigenvalue weighted by molar-refractivity contribution is 0.166. The summed E-state index contributed by atoms with van der Waals surface area (Å²) in [7, 11) is -2.11. The van der Waals surface area contributed by atoms with Crippen molar-refractivity contribution in [2.24, 2.45) is 0 Å². The van der Waals surface area contributed by atoms with Crippen LogP contribution >= 0.6 is 20.5 Å². The first-order valence-electron chi connectivity index (χ1n) is 5.95. The van der Waals surface area contributed by atoms with Crippen molar-refractivity contribution < 1.29 is 22.9 Å². The Hall–Kier alpha value is -0.680. The number of thiol groups is 1. The quantitative estimate of drug-likeness (QED) is 0.586. The number of phosphoric acid groups is 1. The van der Waals surface area contributed by atoms with Gasteiger partial charge in [-0.1, -0.05) is 6.07 Å². The van der Waals surface area contributed by atoms with Gasteiger partial charge in [-0.3, -0.25) is 9.05 Å².